The van der Waals surface area contributed by atoms with Gasteiger partial charge in [0.1, 0.15) is 5.75 Å². The van der Waals surface area contributed by atoms with Gasteiger partial charge in [0.05, 0.1) is 7.11 Å². The molecule has 0 spiro atoms. The summed E-state index contributed by atoms with van der Waals surface area (Å²) in [6, 6.07) is 17.2. The number of guanidine groups is 1. The lowest BCUT2D eigenvalue weighted by atomic mass is 10.2. The van der Waals surface area contributed by atoms with Gasteiger partial charge in [-0.3, -0.25) is 5.32 Å². The average Bonchev–Trinajstić information content (AvgIpc) is 2.85. The molecule has 0 bridgehead atoms. The first-order valence-electron chi connectivity index (χ1n) is 11.6. The number of carbonyl (C=O) groups excluding carboxylic acids is 1. The second kappa shape index (κ2) is 10.9. The summed E-state index contributed by atoms with van der Waals surface area (Å²) in [5.41, 5.74) is 4.61. The van der Waals surface area contributed by atoms with Gasteiger partial charge in [-0.15, -0.1) is 0 Å². The first-order valence-corrected chi connectivity index (χ1v) is 11.6. The van der Waals surface area contributed by atoms with Crippen molar-refractivity contribution < 1.29 is 9.53 Å². The largest absolute Gasteiger partial charge is 0.497 e. The van der Waals surface area contributed by atoms with E-state index in [2.05, 4.69) is 47.5 Å². The number of carbonyl (C=O) groups is 1. The SMILES string of the molecule is COc1ccc(N2CCN(/C(=N/c3nc(C)cc(C)n3)NC(=O)Nc3ccc(C)cc3)CC2)cc1. The van der Waals surface area contributed by atoms with Crippen molar-refractivity contribution in [1.29, 1.82) is 0 Å². The number of methoxy groups -OCH3 is 1. The van der Waals surface area contributed by atoms with Crippen molar-refractivity contribution in [3.8, 4) is 5.75 Å². The number of hydrogen-bond acceptors (Lipinski definition) is 6. The smallest absolute Gasteiger partial charge is 0.326 e. The van der Waals surface area contributed by atoms with Crippen LogP contribution in [0.4, 0.5) is 22.1 Å². The van der Waals surface area contributed by atoms with Crippen molar-refractivity contribution >= 4 is 29.3 Å². The van der Waals surface area contributed by atoms with E-state index < -0.39 is 0 Å². The lowest BCUT2D eigenvalue weighted by molar-refractivity contribution is 0.254. The summed E-state index contributed by atoms with van der Waals surface area (Å²) in [6.45, 7) is 8.72. The summed E-state index contributed by atoms with van der Waals surface area (Å²) >= 11 is 0. The van der Waals surface area contributed by atoms with Gasteiger partial charge in [0.2, 0.25) is 5.96 Å². The van der Waals surface area contributed by atoms with E-state index in [0.717, 1.165) is 41.5 Å². The van der Waals surface area contributed by atoms with Crippen molar-refractivity contribution in [2.75, 3.05) is 43.5 Å². The normalized spacial score (nSPS) is 14.0. The second-order valence-electron chi connectivity index (χ2n) is 8.50. The van der Waals surface area contributed by atoms with Gasteiger partial charge in [0.25, 0.3) is 5.95 Å². The Bertz CT molecular complexity index is 1170. The summed E-state index contributed by atoms with van der Waals surface area (Å²) in [7, 11) is 1.66. The van der Waals surface area contributed by atoms with Crippen LogP contribution in [-0.2, 0) is 0 Å². The minimum absolute atomic E-state index is 0.325. The molecule has 0 atom stereocenters. The lowest BCUT2D eigenvalue weighted by Gasteiger charge is -2.37. The minimum Gasteiger partial charge on any atom is -0.497 e. The zero-order valence-electron chi connectivity index (χ0n) is 20.6. The molecule has 2 heterocycles. The topological polar surface area (TPSA) is 95.0 Å². The van der Waals surface area contributed by atoms with Gasteiger partial charge in [-0.1, -0.05) is 17.7 Å². The Morgan fingerprint density at radius 1 is 0.914 bits per heavy atom. The quantitative estimate of drug-likeness (QED) is 0.439. The first kappa shape index (κ1) is 24.0. The molecule has 9 nitrogen and oxygen atoms in total. The molecular formula is C26H31N7O2. The van der Waals surface area contributed by atoms with Crippen molar-refractivity contribution in [2.24, 2.45) is 4.99 Å². The minimum atomic E-state index is -0.366. The molecule has 1 fully saturated rings. The number of rotatable bonds is 4. The number of aliphatic imine (C=N–C) groups is 1. The predicted octanol–water partition coefficient (Wildman–Crippen LogP) is 4.04. The number of nitrogens with zero attached hydrogens (tertiary/aromatic N) is 5. The Morgan fingerprint density at radius 3 is 2.14 bits per heavy atom. The molecule has 2 amide bonds. The van der Waals surface area contributed by atoms with Crippen LogP contribution in [0.2, 0.25) is 0 Å². The zero-order valence-corrected chi connectivity index (χ0v) is 20.6. The Balaban J connectivity index is 1.50. The van der Waals surface area contributed by atoms with E-state index >= 15 is 0 Å². The maximum Gasteiger partial charge on any atom is 0.326 e. The van der Waals surface area contributed by atoms with Crippen LogP contribution in [0, 0.1) is 20.8 Å². The molecule has 0 unspecified atom stereocenters. The fraction of sp³-hybridized carbons (Fsp3) is 0.308. The molecule has 4 rings (SSSR count). The van der Waals surface area contributed by atoms with Crippen molar-refractivity contribution in [3.63, 3.8) is 0 Å². The summed E-state index contributed by atoms with van der Waals surface area (Å²) in [4.78, 5) is 30.7. The third-order valence-corrected chi connectivity index (χ3v) is 5.73. The first-order chi connectivity index (χ1) is 16.9. The average molecular weight is 474 g/mol. The van der Waals surface area contributed by atoms with Crippen LogP contribution in [0.5, 0.6) is 5.75 Å². The van der Waals surface area contributed by atoms with Crippen LogP contribution in [0.25, 0.3) is 0 Å². The van der Waals surface area contributed by atoms with E-state index in [4.69, 9.17) is 4.74 Å². The highest BCUT2D eigenvalue weighted by Gasteiger charge is 2.22. The van der Waals surface area contributed by atoms with Gasteiger partial charge >= 0.3 is 6.03 Å². The number of aromatic nitrogens is 2. The maximum atomic E-state index is 12.8. The molecule has 3 aromatic rings. The number of nitrogens with one attached hydrogen (secondary N) is 2. The molecule has 0 radical (unpaired) electrons. The molecule has 0 aliphatic carbocycles. The second-order valence-corrected chi connectivity index (χ2v) is 8.50. The number of hydrogen-bond donors (Lipinski definition) is 2. The van der Waals surface area contributed by atoms with Gasteiger partial charge in [-0.05, 0) is 63.2 Å². The van der Waals surface area contributed by atoms with Gasteiger partial charge < -0.3 is 19.9 Å². The molecule has 1 aliphatic rings. The van der Waals surface area contributed by atoms with Gasteiger partial charge in [-0.25, -0.2) is 14.8 Å². The molecule has 2 N–H and O–H groups in total. The molecule has 0 saturated carbocycles. The molecule has 1 aromatic heterocycles. The maximum absolute atomic E-state index is 12.8. The van der Waals surface area contributed by atoms with E-state index in [1.54, 1.807) is 7.11 Å². The number of piperazine rings is 1. The van der Waals surface area contributed by atoms with E-state index in [1.165, 1.54) is 0 Å². The predicted molar refractivity (Wildman–Crippen MR) is 139 cm³/mol. The fourth-order valence-corrected chi connectivity index (χ4v) is 3.90. The van der Waals surface area contributed by atoms with E-state index in [1.807, 2.05) is 63.2 Å². The van der Waals surface area contributed by atoms with Crippen LogP contribution < -0.4 is 20.3 Å². The standard InChI is InChI=1S/C26H31N7O2/c1-18-5-7-21(8-6-18)29-26(34)31-25(30-24-27-19(2)17-20(3)28-24)33-15-13-32(14-16-33)22-9-11-23(35-4)12-10-22/h5-12,17H,13-16H2,1-4H3,(H2,27,28,29,30,31,34). The number of amides is 2. The third kappa shape index (κ3) is 6.47. The van der Waals surface area contributed by atoms with Crippen LogP contribution in [0.1, 0.15) is 17.0 Å². The number of urea groups is 1. The van der Waals surface area contributed by atoms with E-state index in [-0.39, 0.29) is 6.03 Å². The van der Waals surface area contributed by atoms with Crippen molar-refractivity contribution in [1.82, 2.24) is 20.2 Å². The molecule has 1 saturated heterocycles. The summed E-state index contributed by atoms with van der Waals surface area (Å²) in [5, 5.41) is 5.79. The highest BCUT2D eigenvalue weighted by Crippen LogP contribution is 2.21. The Labute approximate surface area is 205 Å². The Morgan fingerprint density at radius 2 is 1.54 bits per heavy atom. The Hall–Kier alpha value is -4.14. The molecule has 182 valence electrons. The summed E-state index contributed by atoms with van der Waals surface area (Å²) in [5.74, 6) is 1.58. The van der Waals surface area contributed by atoms with E-state index in [0.29, 0.717) is 30.7 Å². The zero-order chi connectivity index (χ0) is 24.8. The molecule has 1 aliphatic heterocycles. The number of benzene rings is 2. The highest BCUT2D eigenvalue weighted by molar-refractivity contribution is 6.03. The fourth-order valence-electron chi connectivity index (χ4n) is 3.90. The van der Waals surface area contributed by atoms with Gasteiger partial charge in [0.15, 0.2) is 0 Å². The summed E-state index contributed by atoms with van der Waals surface area (Å²) < 4.78 is 5.26. The molecule has 9 heteroatoms. The third-order valence-electron chi connectivity index (χ3n) is 5.73. The lowest BCUT2D eigenvalue weighted by Crippen LogP contribution is -2.54. The van der Waals surface area contributed by atoms with Crippen LogP contribution in [0.3, 0.4) is 0 Å². The van der Waals surface area contributed by atoms with Gasteiger partial charge in [0, 0.05) is 48.9 Å². The van der Waals surface area contributed by atoms with Crippen LogP contribution in [-0.4, -0.2) is 60.1 Å². The van der Waals surface area contributed by atoms with Gasteiger partial charge in [-0.2, -0.15) is 4.99 Å². The number of ether oxygens (including phenoxy) is 1. The Kier molecular flexibility index (Phi) is 7.45. The molecule has 35 heavy (non-hydrogen) atoms. The van der Waals surface area contributed by atoms with Crippen LogP contribution >= 0.6 is 0 Å². The van der Waals surface area contributed by atoms with Crippen molar-refractivity contribution in [2.45, 2.75) is 20.8 Å². The van der Waals surface area contributed by atoms with Crippen LogP contribution in [0.15, 0.2) is 59.6 Å². The van der Waals surface area contributed by atoms with E-state index in [9.17, 15) is 4.79 Å². The molecular weight excluding hydrogens is 442 g/mol. The highest BCUT2D eigenvalue weighted by atomic mass is 16.5. The monoisotopic (exact) mass is 473 g/mol. The number of anilines is 2. The molecule has 2 aromatic carbocycles. The number of aryl methyl sites for hydroxylation is 3. The van der Waals surface area contributed by atoms with Crippen molar-refractivity contribution in [3.05, 3.63) is 71.5 Å². The summed E-state index contributed by atoms with van der Waals surface area (Å²) in [6.07, 6.45) is 0.